The molecule has 1 aromatic carbocycles. The molecular formula is C12H13N. The van der Waals surface area contributed by atoms with Crippen LogP contribution in [-0.2, 0) is 0 Å². The number of aryl methyl sites for hydroxylation is 2. The average molecular weight is 171 g/mol. The molecule has 1 heteroatoms. The molecule has 1 fully saturated rings. The quantitative estimate of drug-likeness (QED) is 0.637. The van der Waals surface area contributed by atoms with Crippen LogP contribution >= 0.6 is 0 Å². The van der Waals surface area contributed by atoms with Crippen molar-refractivity contribution < 1.29 is 0 Å². The number of benzene rings is 1. The molecule has 0 radical (unpaired) electrons. The highest BCUT2D eigenvalue weighted by atomic mass is 14.4. The smallest absolute Gasteiger partial charge is 0.0662 e. The standard InChI is InChI=1S/C12H13N/c1-8-3-4-9(2)11(5-8)12-6-10(12)7-13/h3-5,10,12H,6H2,1-2H3. The Balaban J connectivity index is 2.32. The number of nitrogens with zero attached hydrogens (tertiary/aromatic N) is 1. The van der Waals surface area contributed by atoms with Crippen LogP contribution in [-0.4, -0.2) is 0 Å². The first-order valence-electron chi connectivity index (χ1n) is 4.69. The minimum absolute atomic E-state index is 0.278. The van der Waals surface area contributed by atoms with Gasteiger partial charge < -0.3 is 0 Å². The highest BCUT2D eigenvalue weighted by molar-refractivity contribution is 5.38. The van der Waals surface area contributed by atoms with E-state index in [1.165, 1.54) is 16.7 Å². The first-order chi connectivity index (χ1) is 6.22. The monoisotopic (exact) mass is 171 g/mol. The minimum Gasteiger partial charge on any atom is -0.198 e. The third-order valence-electron chi connectivity index (χ3n) is 2.79. The fourth-order valence-electron chi connectivity index (χ4n) is 1.84. The average Bonchev–Trinajstić information content (AvgIpc) is 2.88. The summed E-state index contributed by atoms with van der Waals surface area (Å²) in [6.07, 6.45) is 1.06. The van der Waals surface area contributed by atoms with E-state index in [4.69, 9.17) is 5.26 Å². The summed E-state index contributed by atoms with van der Waals surface area (Å²) in [4.78, 5) is 0. The van der Waals surface area contributed by atoms with Crippen LogP contribution in [0, 0.1) is 31.1 Å². The lowest BCUT2D eigenvalue weighted by molar-refractivity contribution is 1.00. The third-order valence-corrected chi connectivity index (χ3v) is 2.79. The first kappa shape index (κ1) is 8.31. The Bertz CT molecular complexity index is 373. The van der Waals surface area contributed by atoms with E-state index in [9.17, 15) is 0 Å². The predicted molar refractivity (Wildman–Crippen MR) is 52.4 cm³/mol. The van der Waals surface area contributed by atoms with Crippen molar-refractivity contribution in [3.05, 3.63) is 34.9 Å². The van der Waals surface area contributed by atoms with Crippen LogP contribution in [0.5, 0.6) is 0 Å². The lowest BCUT2D eigenvalue weighted by atomic mass is 10.0. The van der Waals surface area contributed by atoms with Crippen LogP contribution in [0.2, 0.25) is 0 Å². The van der Waals surface area contributed by atoms with E-state index in [1.54, 1.807) is 0 Å². The molecule has 0 aliphatic heterocycles. The van der Waals surface area contributed by atoms with Gasteiger partial charge in [-0.15, -0.1) is 0 Å². The van der Waals surface area contributed by atoms with E-state index in [0.29, 0.717) is 5.92 Å². The summed E-state index contributed by atoms with van der Waals surface area (Å²) in [7, 11) is 0. The number of hydrogen-bond acceptors (Lipinski definition) is 1. The van der Waals surface area contributed by atoms with Gasteiger partial charge in [0.15, 0.2) is 0 Å². The molecule has 1 aromatic rings. The highest BCUT2D eigenvalue weighted by Crippen LogP contribution is 2.47. The topological polar surface area (TPSA) is 23.8 Å². The van der Waals surface area contributed by atoms with Gasteiger partial charge in [0.05, 0.1) is 12.0 Å². The zero-order valence-electron chi connectivity index (χ0n) is 8.04. The van der Waals surface area contributed by atoms with Gasteiger partial charge >= 0.3 is 0 Å². The molecule has 0 spiro atoms. The maximum atomic E-state index is 8.75. The van der Waals surface area contributed by atoms with Crippen molar-refractivity contribution in [3.8, 4) is 6.07 Å². The summed E-state index contributed by atoms with van der Waals surface area (Å²) < 4.78 is 0. The van der Waals surface area contributed by atoms with Gasteiger partial charge in [-0.05, 0) is 31.4 Å². The van der Waals surface area contributed by atoms with Crippen molar-refractivity contribution in [1.29, 1.82) is 5.26 Å². The SMILES string of the molecule is Cc1ccc(C)c(C2CC2C#N)c1. The molecule has 1 aliphatic carbocycles. The molecule has 66 valence electrons. The van der Waals surface area contributed by atoms with Crippen molar-refractivity contribution in [2.75, 3.05) is 0 Å². The number of nitriles is 1. The molecule has 0 aromatic heterocycles. The maximum Gasteiger partial charge on any atom is 0.0662 e. The Labute approximate surface area is 79.0 Å². The second kappa shape index (κ2) is 2.88. The first-order valence-corrected chi connectivity index (χ1v) is 4.69. The van der Waals surface area contributed by atoms with Crippen molar-refractivity contribution >= 4 is 0 Å². The van der Waals surface area contributed by atoms with E-state index < -0.39 is 0 Å². The van der Waals surface area contributed by atoms with E-state index in [2.05, 4.69) is 38.1 Å². The summed E-state index contributed by atoms with van der Waals surface area (Å²) in [6.45, 7) is 4.23. The Hall–Kier alpha value is -1.29. The van der Waals surface area contributed by atoms with Gasteiger partial charge in [-0.2, -0.15) is 5.26 Å². The van der Waals surface area contributed by atoms with Gasteiger partial charge in [0, 0.05) is 5.92 Å². The zero-order chi connectivity index (χ0) is 9.42. The fraction of sp³-hybridized carbons (Fsp3) is 0.417. The second-order valence-electron chi connectivity index (χ2n) is 3.94. The van der Waals surface area contributed by atoms with Gasteiger partial charge in [-0.3, -0.25) is 0 Å². The summed E-state index contributed by atoms with van der Waals surface area (Å²) in [5, 5.41) is 8.75. The number of hydrogen-bond donors (Lipinski definition) is 0. The summed E-state index contributed by atoms with van der Waals surface area (Å²) in [6, 6.07) is 8.83. The van der Waals surface area contributed by atoms with Crippen molar-refractivity contribution in [1.82, 2.24) is 0 Å². The van der Waals surface area contributed by atoms with E-state index in [1.807, 2.05) is 0 Å². The second-order valence-corrected chi connectivity index (χ2v) is 3.94. The minimum atomic E-state index is 0.278. The van der Waals surface area contributed by atoms with Gasteiger partial charge in [-0.25, -0.2) is 0 Å². The van der Waals surface area contributed by atoms with Gasteiger partial charge in [0.1, 0.15) is 0 Å². The van der Waals surface area contributed by atoms with Crippen molar-refractivity contribution in [3.63, 3.8) is 0 Å². The lowest BCUT2D eigenvalue weighted by Crippen LogP contribution is -1.88. The summed E-state index contributed by atoms with van der Waals surface area (Å²) in [5.41, 5.74) is 4.00. The molecule has 2 unspecified atom stereocenters. The molecule has 0 amide bonds. The molecule has 0 bridgehead atoms. The maximum absolute atomic E-state index is 8.75. The molecular weight excluding hydrogens is 158 g/mol. The Morgan fingerprint density at radius 3 is 2.77 bits per heavy atom. The Kier molecular flexibility index (Phi) is 1.84. The molecule has 1 saturated carbocycles. The normalized spacial score (nSPS) is 25.3. The zero-order valence-corrected chi connectivity index (χ0v) is 8.04. The molecule has 13 heavy (non-hydrogen) atoms. The van der Waals surface area contributed by atoms with Crippen LogP contribution in [0.25, 0.3) is 0 Å². The lowest BCUT2D eigenvalue weighted by Gasteiger charge is -2.04. The molecule has 1 aliphatic rings. The predicted octanol–water partition coefficient (Wildman–Crippen LogP) is 2.93. The largest absolute Gasteiger partial charge is 0.198 e. The Morgan fingerprint density at radius 1 is 1.38 bits per heavy atom. The van der Waals surface area contributed by atoms with Crippen LogP contribution in [0.15, 0.2) is 18.2 Å². The van der Waals surface area contributed by atoms with Crippen LogP contribution in [0.1, 0.15) is 29.0 Å². The van der Waals surface area contributed by atoms with Crippen molar-refractivity contribution in [2.45, 2.75) is 26.2 Å². The molecule has 2 rings (SSSR count). The van der Waals surface area contributed by atoms with Gasteiger partial charge in [0.25, 0.3) is 0 Å². The van der Waals surface area contributed by atoms with E-state index in [0.717, 1.165) is 6.42 Å². The molecule has 1 nitrogen and oxygen atoms in total. The van der Waals surface area contributed by atoms with E-state index in [-0.39, 0.29) is 5.92 Å². The van der Waals surface area contributed by atoms with Crippen LogP contribution in [0.4, 0.5) is 0 Å². The summed E-state index contributed by atoms with van der Waals surface area (Å²) >= 11 is 0. The van der Waals surface area contributed by atoms with Crippen molar-refractivity contribution in [2.24, 2.45) is 5.92 Å². The van der Waals surface area contributed by atoms with Crippen LogP contribution < -0.4 is 0 Å². The molecule has 0 N–H and O–H groups in total. The van der Waals surface area contributed by atoms with Crippen LogP contribution in [0.3, 0.4) is 0 Å². The Morgan fingerprint density at radius 2 is 2.15 bits per heavy atom. The fourth-order valence-corrected chi connectivity index (χ4v) is 1.84. The van der Waals surface area contributed by atoms with E-state index >= 15 is 0 Å². The van der Waals surface area contributed by atoms with Gasteiger partial charge in [-0.1, -0.05) is 23.8 Å². The van der Waals surface area contributed by atoms with Gasteiger partial charge in [0.2, 0.25) is 0 Å². The highest BCUT2D eigenvalue weighted by Gasteiger charge is 2.39. The third kappa shape index (κ3) is 1.45. The molecule has 0 saturated heterocycles. The molecule has 2 atom stereocenters. The molecule has 0 heterocycles. The summed E-state index contributed by atoms with van der Waals surface area (Å²) in [5.74, 6) is 0.797. The number of rotatable bonds is 1.